The van der Waals surface area contributed by atoms with Crippen LogP contribution >= 0.6 is 0 Å². The molecular weight excluding hydrogens is 198 g/mol. The fourth-order valence-electron chi connectivity index (χ4n) is 3.38. The number of rotatable bonds is 1. The largest absolute Gasteiger partial charge is 0.390 e. The molecule has 2 heteroatoms. The average molecular weight is 225 g/mol. The lowest BCUT2D eigenvalue weighted by Crippen LogP contribution is -2.39. The van der Waals surface area contributed by atoms with Crippen LogP contribution in [-0.4, -0.2) is 34.7 Å². The fourth-order valence-corrected chi connectivity index (χ4v) is 3.38. The van der Waals surface area contributed by atoms with Gasteiger partial charge >= 0.3 is 0 Å². The molecule has 1 saturated heterocycles. The molecule has 0 spiro atoms. The maximum atomic E-state index is 10.1. The van der Waals surface area contributed by atoms with Crippen LogP contribution in [0.25, 0.3) is 0 Å². The van der Waals surface area contributed by atoms with Gasteiger partial charge in [0.05, 0.1) is 5.60 Å². The van der Waals surface area contributed by atoms with Crippen LogP contribution in [0.15, 0.2) is 0 Å². The molecule has 3 unspecified atom stereocenters. The molecule has 0 aromatic heterocycles. The van der Waals surface area contributed by atoms with Gasteiger partial charge in [-0.3, -0.25) is 0 Å². The van der Waals surface area contributed by atoms with Gasteiger partial charge in [-0.05, 0) is 51.5 Å². The number of aliphatic hydroxyl groups is 1. The van der Waals surface area contributed by atoms with Crippen LogP contribution in [0.5, 0.6) is 0 Å². The van der Waals surface area contributed by atoms with Crippen molar-refractivity contribution >= 4 is 0 Å². The lowest BCUT2D eigenvalue weighted by Gasteiger charge is -2.36. The zero-order chi connectivity index (χ0) is 11.6. The van der Waals surface area contributed by atoms with Gasteiger partial charge in [-0.15, -0.1) is 0 Å². The first-order valence-corrected chi connectivity index (χ1v) is 7.03. The SMILES string of the molecule is CC1CCCC(N2CCCC(C)(O)CC2)C1. The quantitative estimate of drug-likeness (QED) is 0.742. The van der Waals surface area contributed by atoms with Crippen molar-refractivity contribution in [2.24, 2.45) is 5.92 Å². The van der Waals surface area contributed by atoms with E-state index in [1.54, 1.807) is 0 Å². The second kappa shape index (κ2) is 5.05. The van der Waals surface area contributed by atoms with Crippen LogP contribution in [0.2, 0.25) is 0 Å². The molecule has 0 amide bonds. The van der Waals surface area contributed by atoms with Gasteiger partial charge in [0, 0.05) is 12.6 Å². The molecule has 2 rings (SSSR count). The number of hydrogen-bond acceptors (Lipinski definition) is 2. The highest BCUT2D eigenvalue weighted by Gasteiger charge is 2.30. The first-order valence-electron chi connectivity index (χ1n) is 7.03. The Labute approximate surface area is 100 Å². The minimum absolute atomic E-state index is 0.408. The van der Waals surface area contributed by atoms with E-state index in [0.717, 1.165) is 37.8 Å². The van der Waals surface area contributed by atoms with E-state index in [0.29, 0.717) is 0 Å². The van der Waals surface area contributed by atoms with Crippen molar-refractivity contribution in [1.29, 1.82) is 0 Å². The molecule has 1 N–H and O–H groups in total. The molecule has 3 atom stereocenters. The van der Waals surface area contributed by atoms with Crippen molar-refractivity contribution in [2.75, 3.05) is 13.1 Å². The Balaban J connectivity index is 1.89. The van der Waals surface area contributed by atoms with Crippen molar-refractivity contribution in [3.8, 4) is 0 Å². The summed E-state index contributed by atoms with van der Waals surface area (Å²) in [4.78, 5) is 2.65. The highest BCUT2D eigenvalue weighted by atomic mass is 16.3. The zero-order valence-corrected chi connectivity index (χ0v) is 10.9. The van der Waals surface area contributed by atoms with Gasteiger partial charge in [0.25, 0.3) is 0 Å². The second-order valence-electron chi connectivity index (χ2n) is 6.31. The van der Waals surface area contributed by atoms with Gasteiger partial charge in [0.2, 0.25) is 0 Å². The summed E-state index contributed by atoms with van der Waals surface area (Å²) >= 11 is 0. The van der Waals surface area contributed by atoms with E-state index < -0.39 is 5.60 Å². The predicted octanol–water partition coefficient (Wildman–Crippen LogP) is 2.80. The lowest BCUT2D eigenvalue weighted by molar-refractivity contribution is 0.0412. The van der Waals surface area contributed by atoms with E-state index >= 15 is 0 Å². The highest BCUT2D eigenvalue weighted by Crippen LogP contribution is 2.30. The standard InChI is InChI=1S/C14H27NO/c1-12-5-3-6-13(11-12)15-9-4-7-14(2,16)8-10-15/h12-13,16H,3-11H2,1-2H3. The van der Waals surface area contributed by atoms with Crippen LogP contribution in [0, 0.1) is 5.92 Å². The van der Waals surface area contributed by atoms with Crippen molar-refractivity contribution in [3.05, 3.63) is 0 Å². The van der Waals surface area contributed by atoms with Crippen molar-refractivity contribution in [2.45, 2.75) is 70.4 Å². The molecule has 0 aromatic carbocycles. The number of hydrogen-bond donors (Lipinski definition) is 1. The van der Waals surface area contributed by atoms with Crippen molar-refractivity contribution in [1.82, 2.24) is 4.90 Å². The molecular formula is C14H27NO. The Kier molecular flexibility index (Phi) is 3.91. The summed E-state index contributed by atoms with van der Waals surface area (Å²) in [7, 11) is 0. The predicted molar refractivity (Wildman–Crippen MR) is 67.5 cm³/mol. The summed E-state index contributed by atoms with van der Waals surface area (Å²) in [5.74, 6) is 0.905. The van der Waals surface area contributed by atoms with Gasteiger partial charge < -0.3 is 10.0 Å². The first kappa shape index (κ1) is 12.4. The van der Waals surface area contributed by atoms with Crippen molar-refractivity contribution < 1.29 is 5.11 Å². The zero-order valence-electron chi connectivity index (χ0n) is 10.9. The normalized spacial score (nSPS) is 42.9. The summed E-state index contributed by atoms with van der Waals surface area (Å²) in [5, 5.41) is 10.1. The third-order valence-electron chi connectivity index (χ3n) is 4.52. The maximum absolute atomic E-state index is 10.1. The van der Waals surface area contributed by atoms with Gasteiger partial charge in [-0.2, -0.15) is 0 Å². The third kappa shape index (κ3) is 3.21. The van der Waals surface area contributed by atoms with Crippen LogP contribution < -0.4 is 0 Å². The molecule has 2 nitrogen and oxygen atoms in total. The Bertz CT molecular complexity index is 227. The van der Waals surface area contributed by atoms with E-state index in [-0.39, 0.29) is 0 Å². The van der Waals surface area contributed by atoms with E-state index in [1.165, 1.54) is 32.2 Å². The van der Waals surface area contributed by atoms with Crippen LogP contribution in [0.1, 0.15) is 58.8 Å². The summed E-state index contributed by atoms with van der Waals surface area (Å²) in [5.41, 5.74) is -0.408. The maximum Gasteiger partial charge on any atom is 0.0632 e. The van der Waals surface area contributed by atoms with Gasteiger partial charge in [-0.25, -0.2) is 0 Å². The molecule has 94 valence electrons. The lowest BCUT2D eigenvalue weighted by atomic mass is 9.86. The molecule has 1 aliphatic heterocycles. The Morgan fingerprint density at radius 3 is 2.69 bits per heavy atom. The molecule has 0 bridgehead atoms. The van der Waals surface area contributed by atoms with Crippen LogP contribution in [-0.2, 0) is 0 Å². The Hall–Kier alpha value is -0.0800. The molecule has 16 heavy (non-hydrogen) atoms. The van der Waals surface area contributed by atoms with Crippen molar-refractivity contribution in [3.63, 3.8) is 0 Å². The Morgan fingerprint density at radius 1 is 1.12 bits per heavy atom. The van der Waals surface area contributed by atoms with Gasteiger partial charge in [0.15, 0.2) is 0 Å². The molecule has 2 fully saturated rings. The summed E-state index contributed by atoms with van der Waals surface area (Å²) in [6.45, 7) is 6.69. The summed E-state index contributed by atoms with van der Waals surface area (Å²) < 4.78 is 0. The van der Waals surface area contributed by atoms with Crippen LogP contribution in [0.4, 0.5) is 0 Å². The minimum atomic E-state index is -0.408. The van der Waals surface area contributed by atoms with Gasteiger partial charge in [0.1, 0.15) is 0 Å². The topological polar surface area (TPSA) is 23.5 Å². The number of nitrogens with zero attached hydrogens (tertiary/aromatic N) is 1. The third-order valence-corrected chi connectivity index (χ3v) is 4.52. The smallest absolute Gasteiger partial charge is 0.0632 e. The van der Waals surface area contributed by atoms with E-state index in [4.69, 9.17) is 0 Å². The molecule has 0 radical (unpaired) electrons. The monoisotopic (exact) mass is 225 g/mol. The number of likely N-dealkylation sites (tertiary alicyclic amines) is 1. The average Bonchev–Trinajstić information content (AvgIpc) is 2.39. The fraction of sp³-hybridized carbons (Fsp3) is 1.00. The van der Waals surface area contributed by atoms with E-state index in [1.807, 2.05) is 6.92 Å². The van der Waals surface area contributed by atoms with Crippen LogP contribution in [0.3, 0.4) is 0 Å². The molecule has 1 aliphatic carbocycles. The molecule has 1 saturated carbocycles. The summed E-state index contributed by atoms with van der Waals surface area (Å²) in [6, 6.07) is 0.803. The molecule has 0 aromatic rings. The van der Waals surface area contributed by atoms with E-state index in [9.17, 15) is 5.11 Å². The Morgan fingerprint density at radius 2 is 1.94 bits per heavy atom. The summed E-state index contributed by atoms with van der Waals surface area (Å²) in [6.07, 6.45) is 8.68. The molecule has 2 aliphatic rings. The highest BCUT2D eigenvalue weighted by molar-refractivity contribution is 4.84. The first-order chi connectivity index (χ1) is 7.57. The second-order valence-corrected chi connectivity index (χ2v) is 6.31. The van der Waals surface area contributed by atoms with E-state index in [2.05, 4.69) is 11.8 Å². The molecule has 1 heterocycles. The minimum Gasteiger partial charge on any atom is -0.390 e. The van der Waals surface area contributed by atoms with Gasteiger partial charge in [-0.1, -0.05) is 19.8 Å².